The zero-order valence-electron chi connectivity index (χ0n) is 17.1. The summed E-state index contributed by atoms with van der Waals surface area (Å²) in [6.07, 6.45) is 5.16. The largest absolute Gasteiger partial charge is 0.371 e. The summed E-state index contributed by atoms with van der Waals surface area (Å²) in [6, 6.07) is 10.4. The van der Waals surface area contributed by atoms with Crippen LogP contribution in [0.4, 0.5) is 11.5 Å². The number of carbonyl (C=O) groups is 1. The quantitative estimate of drug-likeness (QED) is 0.738. The van der Waals surface area contributed by atoms with Crippen molar-refractivity contribution < 1.29 is 4.79 Å². The number of fused-ring (bicyclic) bond motifs is 1. The molecule has 1 fully saturated rings. The minimum atomic E-state index is 0.142. The number of anilines is 2. The number of pyridine rings is 1. The second-order valence-corrected chi connectivity index (χ2v) is 7.57. The van der Waals surface area contributed by atoms with Gasteiger partial charge in [0.15, 0.2) is 5.82 Å². The number of benzene rings is 1. The van der Waals surface area contributed by atoms with E-state index in [0.29, 0.717) is 0 Å². The molecule has 0 saturated carbocycles. The fourth-order valence-electron chi connectivity index (χ4n) is 3.89. The van der Waals surface area contributed by atoms with E-state index in [2.05, 4.69) is 44.5 Å². The summed E-state index contributed by atoms with van der Waals surface area (Å²) >= 11 is 0. The Labute approximate surface area is 170 Å². The Morgan fingerprint density at radius 3 is 2.45 bits per heavy atom. The Morgan fingerprint density at radius 2 is 1.79 bits per heavy atom. The van der Waals surface area contributed by atoms with Gasteiger partial charge in [0.1, 0.15) is 5.52 Å². The number of amides is 1. The van der Waals surface area contributed by atoms with Crippen LogP contribution >= 0.6 is 0 Å². The maximum Gasteiger partial charge on any atom is 0.225 e. The van der Waals surface area contributed by atoms with Crippen LogP contribution in [0.2, 0.25) is 0 Å². The van der Waals surface area contributed by atoms with Crippen molar-refractivity contribution in [1.82, 2.24) is 19.9 Å². The Balaban J connectivity index is 1.52. The van der Waals surface area contributed by atoms with Gasteiger partial charge in [0, 0.05) is 63.8 Å². The minimum Gasteiger partial charge on any atom is -0.371 e. The number of carbonyl (C=O) groups excluding carboxylic acids is 1. The number of aromatic nitrogens is 3. The van der Waals surface area contributed by atoms with Crippen molar-refractivity contribution in [3.63, 3.8) is 0 Å². The van der Waals surface area contributed by atoms with Crippen LogP contribution in [0, 0.1) is 5.92 Å². The lowest BCUT2D eigenvalue weighted by atomic mass is 9.95. The SMILES string of the molecule is CNc1nc(-c2ccc(N3CCC(C(=O)N(C)C)CC3)cc2)cc2nccnc12. The van der Waals surface area contributed by atoms with Gasteiger partial charge in [-0.2, -0.15) is 0 Å². The van der Waals surface area contributed by atoms with Crippen LogP contribution in [0.15, 0.2) is 42.7 Å². The van der Waals surface area contributed by atoms with E-state index in [-0.39, 0.29) is 11.8 Å². The van der Waals surface area contributed by atoms with Crippen LogP contribution in [0.3, 0.4) is 0 Å². The molecule has 1 amide bonds. The first-order valence-electron chi connectivity index (χ1n) is 9.93. The first-order valence-corrected chi connectivity index (χ1v) is 9.93. The van der Waals surface area contributed by atoms with Crippen molar-refractivity contribution in [3.8, 4) is 11.3 Å². The number of piperidine rings is 1. The average Bonchev–Trinajstić information content (AvgIpc) is 2.78. The fraction of sp³-hybridized carbons (Fsp3) is 0.364. The van der Waals surface area contributed by atoms with Gasteiger partial charge in [-0.1, -0.05) is 12.1 Å². The van der Waals surface area contributed by atoms with Gasteiger partial charge in [-0.3, -0.25) is 9.78 Å². The van der Waals surface area contributed by atoms with Gasteiger partial charge < -0.3 is 15.1 Å². The summed E-state index contributed by atoms with van der Waals surface area (Å²) in [6.45, 7) is 1.80. The summed E-state index contributed by atoms with van der Waals surface area (Å²) in [7, 11) is 5.51. The molecule has 4 rings (SSSR count). The van der Waals surface area contributed by atoms with Crippen molar-refractivity contribution in [3.05, 3.63) is 42.7 Å². The molecule has 3 aromatic rings. The van der Waals surface area contributed by atoms with Crippen LogP contribution in [-0.2, 0) is 4.79 Å². The topological polar surface area (TPSA) is 74.2 Å². The van der Waals surface area contributed by atoms with Crippen molar-refractivity contribution in [2.45, 2.75) is 12.8 Å². The van der Waals surface area contributed by atoms with E-state index in [1.165, 1.54) is 5.69 Å². The van der Waals surface area contributed by atoms with Gasteiger partial charge in [-0.25, -0.2) is 9.97 Å². The van der Waals surface area contributed by atoms with Gasteiger partial charge in [0.05, 0.1) is 11.2 Å². The summed E-state index contributed by atoms with van der Waals surface area (Å²) in [5.41, 5.74) is 4.67. The molecule has 0 bridgehead atoms. The normalized spacial score (nSPS) is 14.8. The highest BCUT2D eigenvalue weighted by Gasteiger charge is 2.26. The molecule has 0 atom stereocenters. The van der Waals surface area contributed by atoms with Gasteiger partial charge >= 0.3 is 0 Å². The number of nitrogens with zero attached hydrogens (tertiary/aromatic N) is 5. The zero-order valence-corrected chi connectivity index (χ0v) is 17.1. The molecule has 1 aromatic carbocycles. The van der Waals surface area contributed by atoms with Crippen LogP contribution < -0.4 is 10.2 Å². The highest BCUT2D eigenvalue weighted by atomic mass is 16.2. The van der Waals surface area contributed by atoms with Crippen LogP contribution in [0.1, 0.15) is 12.8 Å². The van der Waals surface area contributed by atoms with Gasteiger partial charge in [0.25, 0.3) is 0 Å². The maximum atomic E-state index is 12.2. The van der Waals surface area contributed by atoms with E-state index in [9.17, 15) is 4.79 Å². The summed E-state index contributed by atoms with van der Waals surface area (Å²) < 4.78 is 0. The van der Waals surface area contributed by atoms with Gasteiger partial charge in [-0.15, -0.1) is 0 Å². The minimum absolute atomic E-state index is 0.142. The number of nitrogens with one attached hydrogen (secondary N) is 1. The molecule has 29 heavy (non-hydrogen) atoms. The molecule has 1 N–H and O–H groups in total. The molecule has 7 heteroatoms. The first-order chi connectivity index (χ1) is 14.1. The molecule has 1 aliphatic heterocycles. The van der Waals surface area contributed by atoms with E-state index in [1.807, 2.05) is 27.2 Å². The lowest BCUT2D eigenvalue weighted by molar-refractivity contribution is -0.133. The van der Waals surface area contributed by atoms with E-state index in [0.717, 1.165) is 54.0 Å². The van der Waals surface area contributed by atoms with E-state index >= 15 is 0 Å². The molecule has 3 heterocycles. The highest BCUT2D eigenvalue weighted by Crippen LogP contribution is 2.29. The molecule has 1 aliphatic rings. The van der Waals surface area contributed by atoms with Crippen molar-refractivity contribution in [2.24, 2.45) is 5.92 Å². The van der Waals surface area contributed by atoms with E-state index in [4.69, 9.17) is 4.98 Å². The van der Waals surface area contributed by atoms with Crippen LogP contribution in [0.5, 0.6) is 0 Å². The predicted molar refractivity (Wildman–Crippen MR) is 116 cm³/mol. The maximum absolute atomic E-state index is 12.2. The van der Waals surface area contributed by atoms with Crippen molar-refractivity contribution >= 4 is 28.4 Å². The monoisotopic (exact) mass is 390 g/mol. The van der Waals surface area contributed by atoms with E-state index in [1.54, 1.807) is 17.3 Å². The van der Waals surface area contributed by atoms with Crippen molar-refractivity contribution in [2.75, 3.05) is 44.4 Å². The zero-order chi connectivity index (χ0) is 20.4. The second-order valence-electron chi connectivity index (χ2n) is 7.57. The smallest absolute Gasteiger partial charge is 0.225 e. The summed E-state index contributed by atoms with van der Waals surface area (Å²) in [4.78, 5) is 29.7. The Bertz CT molecular complexity index is 1010. The molecular weight excluding hydrogens is 364 g/mol. The molecule has 150 valence electrons. The number of hydrogen-bond acceptors (Lipinski definition) is 6. The molecule has 0 radical (unpaired) electrons. The number of rotatable bonds is 4. The lowest BCUT2D eigenvalue weighted by Gasteiger charge is -2.34. The van der Waals surface area contributed by atoms with Crippen LogP contribution in [-0.4, -0.2) is 60.0 Å². The third kappa shape index (κ3) is 3.85. The number of hydrogen-bond donors (Lipinski definition) is 1. The third-order valence-electron chi connectivity index (χ3n) is 5.51. The predicted octanol–water partition coefficient (Wildman–Crippen LogP) is 3.04. The molecule has 2 aromatic heterocycles. The second kappa shape index (κ2) is 8.03. The molecule has 7 nitrogen and oxygen atoms in total. The van der Waals surface area contributed by atoms with E-state index < -0.39 is 0 Å². The fourth-order valence-corrected chi connectivity index (χ4v) is 3.89. The standard InChI is InChI=1S/C22H26N6O/c1-23-21-20-19(24-10-11-25-20)14-18(26-21)15-4-6-17(7-5-15)28-12-8-16(9-13-28)22(29)27(2)3/h4-7,10-11,14,16H,8-9,12-13H2,1-3H3,(H,23,26). The van der Waals surface area contributed by atoms with Crippen LogP contribution in [0.25, 0.3) is 22.3 Å². The Kier molecular flexibility index (Phi) is 5.29. The average molecular weight is 390 g/mol. The van der Waals surface area contributed by atoms with Gasteiger partial charge in [-0.05, 0) is 31.0 Å². The lowest BCUT2D eigenvalue weighted by Crippen LogP contribution is -2.40. The van der Waals surface area contributed by atoms with Crippen molar-refractivity contribution in [1.29, 1.82) is 0 Å². The highest BCUT2D eigenvalue weighted by molar-refractivity contribution is 5.88. The first kappa shape index (κ1) is 19.1. The summed E-state index contributed by atoms with van der Waals surface area (Å²) in [5.74, 6) is 1.11. The van der Waals surface area contributed by atoms with Gasteiger partial charge in [0.2, 0.25) is 5.91 Å². The Morgan fingerprint density at radius 1 is 1.10 bits per heavy atom. The molecule has 0 spiro atoms. The molecular formula is C22H26N6O. The molecule has 0 unspecified atom stereocenters. The molecule has 0 aliphatic carbocycles. The Hall–Kier alpha value is -3.22. The summed E-state index contributed by atoms with van der Waals surface area (Å²) in [5, 5.41) is 3.11. The molecule has 1 saturated heterocycles. The third-order valence-corrected chi connectivity index (χ3v) is 5.51.